The van der Waals surface area contributed by atoms with Crippen molar-refractivity contribution in [3.63, 3.8) is 0 Å². The third-order valence-corrected chi connectivity index (χ3v) is 11.8. The molecule has 2 aromatic rings. The van der Waals surface area contributed by atoms with Crippen molar-refractivity contribution in [1.29, 1.82) is 0 Å². The van der Waals surface area contributed by atoms with E-state index in [0.717, 1.165) is 41.8 Å². The Balaban J connectivity index is 1.31. The molecule has 2 aliphatic carbocycles. The van der Waals surface area contributed by atoms with Gasteiger partial charge in [-0.05, 0) is 85.9 Å². The number of hydrogen-bond donors (Lipinski definition) is 1. The number of fused-ring (bicyclic) bond motifs is 2. The number of benzene rings is 2. The summed E-state index contributed by atoms with van der Waals surface area (Å²) in [6.45, 7) is -0.126. The van der Waals surface area contributed by atoms with Gasteiger partial charge in [-0.15, -0.1) is 0 Å². The van der Waals surface area contributed by atoms with Crippen LogP contribution in [0.5, 0.6) is 0 Å². The minimum atomic E-state index is -4.04. The molecule has 216 valence electrons. The summed E-state index contributed by atoms with van der Waals surface area (Å²) in [5.74, 6) is -3.23. The molecule has 40 heavy (non-hydrogen) atoms. The van der Waals surface area contributed by atoms with Crippen LogP contribution >= 0.6 is 0 Å². The highest BCUT2D eigenvalue weighted by atomic mass is 32.2. The van der Waals surface area contributed by atoms with Crippen molar-refractivity contribution in [3.8, 4) is 0 Å². The largest absolute Gasteiger partial charge is 0.307 e. The van der Waals surface area contributed by atoms with E-state index in [4.69, 9.17) is 0 Å². The van der Waals surface area contributed by atoms with Gasteiger partial charge in [0.05, 0.1) is 11.2 Å². The molecule has 8 nitrogen and oxygen atoms in total. The Morgan fingerprint density at radius 3 is 2.15 bits per heavy atom. The minimum absolute atomic E-state index is 0.0984. The summed E-state index contributed by atoms with van der Waals surface area (Å²) < 4.78 is 81.2. The smallest absolute Gasteiger partial charge is 0.258 e. The van der Waals surface area contributed by atoms with E-state index in [2.05, 4.69) is 4.72 Å². The van der Waals surface area contributed by atoms with Gasteiger partial charge in [-0.2, -0.15) is 4.31 Å². The molecule has 12 heteroatoms. The van der Waals surface area contributed by atoms with Gasteiger partial charge in [-0.3, -0.25) is 9.52 Å². The number of anilines is 2. The van der Waals surface area contributed by atoms with E-state index in [0.29, 0.717) is 23.3 Å². The lowest BCUT2D eigenvalue weighted by molar-refractivity contribution is -0.0412. The number of amides is 1. The molecule has 0 bridgehead atoms. The Kier molecular flexibility index (Phi) is 6.36. The molecular weight excluding hydrogens is 560 g/mol. The highest BCUT2D eigenvalue weighted by Crippen LogP contribution is 2.62. The SMILES string of the molecule is CS(=O)(=O)Nc1ccc2c(c1)C1(CCC3(CC3)CC1)CN2C(=O)c1cccc(S(=O)(=O)N2CCC(F)(F)CC2)c1. The fourth-order valence-electron chi connectivity index (χ4n) is 6.64. The molecule has 0 unspecified atom stereocenters. The van der Waals surface area contributed by atoms with Crippen LogP contribution in [-0.4, -0.2) is 58.9 Å². The van der Waals surface area contributed by atoms with E-state index in [1.807, 2.05) is 6.07 Å². The number of sulfonamides is 2. The Bertz CT molecular complexity index is 1570. The molecule has 0 radical (unpaired) electrons. The van der Waals surface area contributed by atoms with Crippen LogP contribution < -0.4 is 9.62 Å². The number of halogens is 2. The summed E-state index contributed by atoms with van der Waals surface area (Å²) in [7, 11) is -7.53. The van der Waals surface area contributed by atoms with Crippen molar-refractivity contribution >= 4 is 37.3 Å². The standard InChI is InChI=1S/C28H33F2N3O5S2/c1-39(35,36)31-21-5-6-24-23(18-21)27(11-9-26(7-8-26)10-12-27)19-33(24)25(34)20-3-2-4-22(17-20)40(37,38)32-15-13-28(29,30)14-16-32/h2-6,17-18,31H,7-16,19H2,1H3. The van der Waals surface area contributed by atoms with Gasteiger partial charge in [-0.25, -0.2) is 25.6 Å². The highest BCUT2D eigenvalue weighted by Gasteiger charge is 2.53. The Labute approximate surface area is 233 Å². The second kappa shape index (κ2) is 9.22. The Morgan fingerprint density at radius 2 is 1.52 bits per heavy atom. The summed E-state index contributed by atoms with van der Waals surface area (Å²) in [5, 5.41) is 0. The van der Waals surface area contributed by atoms with Crippen molar-refractivity contribution in [2.45, 2.75) is 67.6 Å². The number of hydrogen-bond acceptors (Lipinski definition) is 5. The average molecular weight is 594 g/mol. The first-order valence-corrected chi connectivity index (χ1v) is 17.0. The number of nitrogens with zero attached hydrogens (tertiary/aromatic N) is 2. The van der Waals surface area contributed by atoms with Crippen molar-refractivity contribution < 1.29 is 30.4 Å². The van der Waals surface area contributed by atoms with Crippen molar-refractivity contribution in [3.05, 3.63) is 53.6 Å². The van der Waals surface area contributed by atoms with Crippen LogP contribution in [0.3, 0.4) is 0 Å². The lowest BCUT2D eigenvalue weighted by atomic mass is 9.66. The van der Waals surface area contributed by atoms with Gasteiger partial charge in [0.1, 0.15) is 0 Å². The molecule has 4 aliphatic rings. The van der Waals surface area contributed by atoms with Gasteiger partial charge in [-0.1, -0.05) is 6.07 Å². The van der Waals surface area contributed by atoms with Gasteiger partial charge in [0.15, 0.2) is 0 Å². The maximum Gasteiger partial charge on any atom is 0.258 e. The predicted octanol–water partition coefficient (Wildman–Crippen LogP) is 4.73. The van der Waals surface area contributed by atoms with E-state index in [9.17, 15) is 30.4 Å². The van der Waals surface area contributed by atoms with Crippen LogP contribution in [0.15, 0.2) is 47.4 Å². The van der Waals surface area contributed by atoms with Gasteiger partial charge in [0.25, 0.3) is 11.8 Å². The minimum Gasteiger partial charge on any atom is -0.307 e. The van der Waals surface area contributed by atoms with Crippen molar-refractivity contribution in [1.82, 2.24) is 4.31 Å². The van der Waals surface area contributed by atoms with Crippen LogP contribution in [0.2, 0.25) is 0 Å². The molecule has 3 fully saturated rings. The molecule has 1 N–H and O–H groups in total. The lowest BCUT2D eigenvalue weighted by Gasteiger charge is -2.38. The number of carbonyl (C=O) groups excluding carboxylic acids is 1. The maximum atomic E-state index is 13.9. The summed E-state index contributed by atoms with van der Waals surface area (Å²) in [5.41, 5.74) is 2.37. The number of alkyl halides is 2. The zero-order chi connectivity index (χ0) is 28.6. The van der Waals surface area contributed by atoms with Gasteiger partial charge >= 0.3 is 0 Å². The Hall–Kier alpha value is -2.57. The molecule has 2 aliphatic heterocycles. The summed E-state index contributed by atoms with van der Waals surface area (Å²) in [6.07, 6.45) is 6.37. The van der Waals surface area contributed by atoms with E-state index >= 15 is 0 Å². The van der Waals surface area contributed by atoms with Crippen LogP contribution in [0.25, 0.3) is 0 Å². The highest BCUT2D eigenvalue weighted by molar-refractivity contribution is 7.92. The molecular formula is C28H33F2N3O5S2. The third kappa shape index (κ3) is 5.02. The number of nitrogens with one attached hydrogen (secondary N) is 1. The van der Waals surface area contributed by atoms with Crippen LogP contribution in [0, 0.1) is 5.41 Å². The zero-order valence-electron chi connectivity index (χ0n) is 22.3. The van der Waals surface area contributed by atoms with Gasteiger partial charge < -0.3 is 4.90 Å². The number of carbonyl (C=O) groups is 1. The van der Waals surface area contributed by atoms with Crippen LogP contribution in [0.4, 0.5) is 20.2 Å². The van der Waals surface area contributed by atoms with E-state index in [-0.39, 0.29) is 34.9 Å². The molecule has 0 aromatic heterocycles. The first-order chi connectivity index (χ1) is 18.7. The Morgan fingerprint density at radius 1 is 0.875 bits per heavy atom. The zero-order valence-corrected chi connectivity index (χ0v) is 24.0. The topological polar surface area (TPSA) is 104 Å². The van der Waals surface area contributed by atoms with E-state index in [1.54, 1.807) is 23.1 Å². The fourth-order valence-corrected chi connectivity index (χ4v) is 8.68. The summed E-state index contributed by atoms with van der Waals surface area (Å²) >= 11 is 0. The second-order valence-corrected chi connectivity index (χ2v) is 15.8. The monoisotopic (exact) mass is 593 g/mol. The summed E-state index contributed by atoms with van der Waals surface area (Å²) in [4.78, 5) is 15.5. The first-order valence-electron chi connectivity index (χ1n) is 13.6. The molecule has 0 atom stereocenters. The van der Waals surface area contributed by atoms with Crippen molar-refractivity contribution in [2.75, 3.05) is 35.5 Å². The molecule has 2 saturated carbocycles. The molecule has 2 spiro atoms. The number of piperidine rings is 1. The fraction of sp³-hybridized carbons (Fsp3) is 0.536. The number of rotatable bonds is 5. The summed E-state index contributed by atoms with van der Waals surface area (Å²) in [6, 6.07) is 11.0. The van der Waals surface area contributed by atoms with E-state index < -0.39 is 38.8 Å². The lowest BCUT2D eigenvalue weighted by Crippen LogP contribution is -2.42. The van der Waals surface area contributed by atoms with Crippen LogP contribution in [-0.2, 0) is 25.5 Å². The third-order valence-electron chi connectivity index (χ3n) is 9.27. The van der Waals surface area contributed by atoms with Crippen LogP contribution in [0.1, 0.15) is 67.3 Å². The molecule has 1 saturated heterocycles. The molecule has 2 heterocycles. The molecule has 2 aromatic carbocycles. The predicted molar refractivity (Wildman–Crippen MR) is 148 cm³/mol. The van der Waals surface area contributed by atoms with Gasteiger partial charge in [0, 0.05) is 54.8 Å². The maximum absolute atomic E-state index is 13.9. The van der Waals surface area contributed by atoms with Gasteiger partial charge in [0.2, 0.25) is 20.0 Å². The molecule has 6 rings (SSSR count). The molecule has 1 amide bonds. The first kappa shape index (κ1) is 27.6. The second-order valence-electron chi connectivity index (χ2n) is 12.1. The normalized spacial score (nSPS) is 23.2. The van der Waals surface area contributed by atoms with Crippen molar-refractivity contribution in [2.24, 2.45) is 5.41 Å². The quantitative estimate of drug-likeness (QED) is 0.540. The van der Waals surface area contributed by atoms with E-state index in [1.165, 1.54) is 31.0 Å². The average Bonchev–Trinajstić information content (AvgIpc) is 3.59.